The van der Waals surface area contributed by atoms with Gasteiger partial charge >= 0.3 is 0 Å². The van der Waals surface area contributed by atoms with Crippen molar-refractivity contribution in [2.45, 2.75) is 30.4 Å². The van der Waals surface area contributed by atoms with E-state index in [2.05, 4.69) is 5.32 Å². The number of carbonyl (C=O) groups is 2. The first kappa shape index (κ1) is 23.6. The fourth-order valence-corrected chi connectivity index (χ4v) is 7.68. The summed E-state index contributed by atoms with van der Waals surface area (Å²) in [5, 5.41) is 15.1. The highest BCUT2D eigenvalue weighted by Gasteiger charge is 2.75. The number of hydrogen-bond donors (Lipinski definition) is 2. The molecule has 2 aromatic carbocycles. The van der Waals surface area contributed by atoms with Gasteiger partial charge in [-0.25, -0.2) is 9.29 Å². The SMILES string of the molecule is COc1c(Cl)cc(N2C(=O)C3C4C[C@H](F)CN4C4(c5cc(Cl)cc(Cl)c5NC4O)C3C2=O)cc1Cl. The molecule has 3 saturated heterocycles. The van der Waals surface area contributed by atoms with Crippen molar-refractivity contribution in [2.24, 2.45) is 11.8 Å². The Hall–Kier alpha value is -1.81. The summed E-state index contributed by atoms with van der Waals surface area (Å²) >= 11 is 25.3. The molecule has 5 unspecified atom stereocenters. The number of nitrogens with zero attached hydrogens (tertiary/aromatic N) is 2. The minimum absolute atomic E-state index is 0.0409. The van der Waals surface area contributed by atoms with Gasteiger partial charge in [0, 0.05) is 23.2 Å². The Kier molecular flexibility index (Phi) is 5.28. The molecule has 0 aromatic heterocycles. The average molecular weight is 561 g/mol. The Morgan fingerprint density at radius 2 is 1.77 bits per heavy atom. The molecule has 0 aliphatic carbocycles. The number of hydrogen-bond acceptors (Lipinski definition) is 6. The topological polar surface area (TPSA) is 82.1 Å². The number of alkyl halides is 1. The fourth-order valence-electron chi connectivity index (χ4n) is 6.50. The van der Waals surface area contributed by atoms with Gasteiger partial charge in [0.2, 0.25) is 11.8 Å². The van der Waals surface area contributed by atoms with Gasteiger partial charge in [-0.1, -0.05) is 46.4 Å². The van der Waals surface area contributed by atoms with Gasteiger partial charge in [-0.2, -0.15) is 0 Å². The van der Waals surface area contributed by atoms with Crippen LogP contribution in [0.1, 0.15) is 12.0 Å². The van der Waals surface area contributed by atoms with Crippen molar-refractivity contribution in [1.29, 1.82) is 0 Å². The molecule has 4 aliphatic rings. The quantitative estimate of drug-likeness (QED) is 0.527. The van der Waals surface area contributed by atoms with Crippen LogP contribution < -0.4 is 15.0 Å². The van der Waals surface area contributed by atoms with E-state index in [-0.39, 0.29) is 39.5 Å². The lowest BCUT2D eigenvalue weighted by Crippen LogP contribution is -2.56. The number of imide groups is 1. The number of rotatable bonds is 2. The highest BCUT2D eigenvalue weighted by atomic mass is 35.5. The Morgan fingerprint density at radius 3 is 2.43 bits per heavy atom. The van der Waals surface area contributed by atoms with Crippen LogP contribution in [0.25, 0.3) is 0 Å². The first-order valence-electron chi connectivity index (χ1n) is 10.9. The summed E-state index contributed by atoms with van der Waals surface area (Å²) in [6, 6.07) is 5.36. The summed E-state index contributed by atoms with van der Waals surface area (Å²) in [5.74, 6) is -2.77. The maximum absolute atomic E-state index is 14.8. The van der Waals surface area contributed by atoms with Crippen LogP contribution in [0.5, 0.6) is 5.75 Å². The molecule has 6 rings (SSSR count). The van der Waals surface area contributed by atoms with E-state index in [0.717, 1.165) is 4.90 Å². The number of ether oxygens (including phenoxy) is 1. The third kappa shape index (κ3) is 2.92. The van der Waals surface area contributed by atoms with Crippen LogP contribution in [0, 0.1) is 11.8 Å². The minimum atomic E-state index is -1.44. The molecule has 4 aliphatic heterocycles. The molecule has 0 bridgehead atoms. The van der Waals surface area contributed by atoms with Gasteiger partial charge in [0.15, 0.2) is 5.75 Å². The molecule has 2 aromatic rings. The fraction of sp³-hybridized carbons (Fsp3) is 0.391. The van der Waals surface area contributed by atoms with E-state index >= 15 is 0 Å². The van der Waals surface area contributed by atoms with Crippen LogP contribution in [-0.4, -0.2) is 53.9 Å². The predicted molar refractivity (Wildman–Crippen MR) is 130 cm³/mol. The maximum atomic E-state index is 14.8. The van der Waals surface area contributed by atoms with Crippen LogP contribution in [0.4, 0.5) is 15.8 Å². The van der Waals surface area contributed by atoms with E-state index in [9.17, 15) is 19.1 Å². The van der Waals surface area contributed by atoms with Crippen molar-refractivity contribution in [3.05, 3.63) is 49.9 Å². The van der Waals surface area contributed by atoms with E-state index in [1.54, 1.807) is 11.0 Å². The minimum Gasteiger partial charge on any atom is -0.494 e. The summed E-state index contributed by atoms with van der Waals surface area (Å²) in [7, 11) is 1.40. The van der Waals surface area contributed by atoms with Crippen molar-refractivity contribution in [2.75, 3.05) is 23.9 Å². The second kappa shape index (κ2) is 7.84. The van der Waals surface area contributed by atoms with Gasteiger partial charge in [-0.05, 0) is 30.7 Å². The third-order valence-corrected chi connectivity index (χ3v) is 8.71. The lowest BCUT2D eigenvalue weighted by molar-refractivity contribution is -0.127. The Labute approximate surface area is 219 Å². The zero-order chi connectivity index (χ0) is 25.0. The van der Waals surface area contributed by atoms with Gasteiger partial charge < -0.3 is 15.2 Å². The van der Waals surface area contributed by atoms with E-state index in [0.29, 0.717) is 16.3 Å². The monoisotopic (exact) mass is 559 g/mol. The summed E-state index contributed by atoms with van der Waals surface area (Å²) in [5.41, 5.74) is -0.407. The summed E-state index contributed by atoms with van der Waals surface area (Å²) in [6.45, 7) is -0.0409. The number of aliphatic hydroxyl groups excluding tert-OH is 1. The molecule has 2 N–H and O–H groups in total. The van der Waals surface area contributed by atoms with Crippen molar-refractivity contribution in [1.82, 2.24) is 4.90 Å². The maximum Gasteiger partial charge on any atom is 0.240 e. The molecule has 184 valence electrons. The molecule has 7 nitrogen and oxygen atoms in total. The number of fused-ring (bicyclic) bond motifs is 7. The molecule has 1 spiro atoms. The molecule has 35 heavy (non-hydrogen) atoms. The van der Waals surface area contributed by atoms with Crippen molar-refractivity contribution in [3.8, 4) is 5.75 Å². The van der Waals surface area contributed by atoms with Gasteiger partial charge in [-0.3, -0.25) is 14.5 Å². The number of carbonyl (C=O) groups excluding carboxylic acids is 2. The molecule has 12 heteroatoms. The van der Waals surface area contributed by atoms with Crippen molar-refractivity contribution < 1.29 is 23.8 Å². The molecule has 0 saturated carbocycles. The molecular formula is C23H18Cl4FN3O4. The van der Waals surface area contributed by atoms with Gasteiger partial charge in [0.1, 0.15) is 17.9 Å². The molecule has 2 amide bonds. The average Bonchev–Trinajstić information content (AvgIpc) is 3.44. The van der Waals surface area contributed by atoms with Crippen LogP contribution in [0.3, 0.4) is 0 Å². The van der Waals surface area contributed by atoms with E-state index in [1.807, 2.05) is 0 Å². The number of benzene rings is 2. The molecule has 6 atom stereocenters. The van der Waals surface area contributed by atoms with Crippen LogP contribution in [-0.2, 0) is 15.1 Å². The van der Waals surface area contributed by atoms with Crippen LogP contribution in [0.15, 0.2) is 24.3 Å². The zero-order valence-electron chi connectivity index (χ0n) is 18.1. The number of anilines is 2. The number of halogens is 5. The van der Waals surface area contributed by atoms with Crippen LogP contribution in [0.2, 0.25) is 20.1 Å². The second-order valence-corrected chi connectivity index (χ2v) is 10.9. The largest absolute Gasteiger partial charge is 0.494 e. The molecule has 4 heterocycles. The van der Waals surface area contributed by atoms with E-state index in [1.165, 1.54) is 25.3 Å². The first-order chi connectivity index (χ1) is 16.6. The summed E-state index contributed by atoms with van der Waals surface area (Å²) in [4.78, 5) is 30.6. The Morgan fingerprint density at radius 1 is 1.09 bits per heavy atom. The molecule has 0 radical (unpaired) electrons. The van der Waals surface area contributed by atoms with Crippen LogP contribution >= 0.6 is 46.4 Å². The molecule has 3 fully saturated rings. The summed E-state index contributed by atoms with van der Waals surface area (Å²) in [6.07, 6.45) is -2.52. The number of aliphatic hydroxyl groups is 1. The standard InChI is InChI=1S/C23H18Cl4FN3O4/c1-35-19-13(26)5-10(6-14(19)27)31-20(32)16-15-4-9(28)7-30(15)23(17(16)21(31)33)11-2-8(24)3-12(25)18(11)29-22(23)34/h2-3,5-6,9,15-17,22,29,34H,4,7H2,1H3/t9-,15?,16?,17?,22?,23?/m0/s1. The molecular weight excluding hydrogens is 543 g/mol. The summed E-state index contributed by atoms with van der Waals surface area (Å²) < 4.78 is 20.0. The highest BCUT2D eigenvalue weighted by molar-refractivity contribution is 6.38. The van der Waals surface area contributed by atoms with Gasteiger partial charge in [0.05, 0.1) is 45.4 Å². The van der Waals surface area contributed by atoms with Crippen molar-refractivity contribution in [3.63, 3.8) is 0 Å². The van der Waals surface area contributed by atoms with Crippen molar-refractivity contribution >= 4 is 69.6 Å². The van der Waals surface area contributed by atoms with E-state index < -0.39 is 47.6 Å². The number of methoxy groups -OCH3 is 1. The van der Waals surface area contributed by atoms with Gasteiger partial charge in [-0.15, -0.1) is 0 Å². The lowest BCUT2D eigenvalue weighted by atomic mass is 9.75. The number of amides is 2. The highest BCUT2D eigenvalue weighted by Crippen LogP contribution is 2.63. The number of nitrogens with one attached hydrogen (secondary N) is 1. The predicted octanol–water partition coefficient (Wildman–Crippen LogP) is 4.48. The normalized spacial score (nSPS) is 33.3. The third-order valence-electron chi connectivity index (χ3n) is 7.64. The Balaban J connectivity index is 1.55. The Bertz CT molecular complexity index is 1290. The first-order valence-corrected chi connectivity index (χ1v) is 12.4. The lowest BCUT2D eigenvalue weighted by Gasteiger charge is -2.41. The second-order valence-electron chi connectivity index (χ2n) is 9.19. The smallest absolute Gasteiger partial charge is 0.240 e. The van der Waals surface area contributed by atoms with E-state index in [4.69, 9.17) is 51.1 Å². The zero-order valence-corrected chi connectivity index (χ0v) is 21.1. The van der Waals surface area contributed by atoms with Gasteiger partial charge in [0.25, 0.3) is 0 Å².